The zero-order valence-corrected chi connectivity index (χ0v) is 13.1. The van der Waals surface area contributed by atoms with Gasteiger partial charge in [0.1, 0.15) is 0 Å². The molecule has 0 atom stereocenters. The summed E-state index contributed by atoms with van der Waals surface area (Å²) in [6.45, 7) is -0.351. The van der Waals surface area contributed by atoms with Gasteiger partial charge in [-0.1, -0.05) is 35.3 Å². The second-order valence-electron chi connectivity index (χ2n) is 4.57. The molecule has 0 fully saturated rings. The molecule has 2 N–H and O–H groups in total. The van der Waals surface area contributed by atoms with E-state index in [-0.39, 0.29) is 22.9 Å². The maximum atomic E-state index is 12.8. The molecule has 8 heteroatoms. The minimum Gasteiger partial charge on any atom is -0.376 e. The Bertz CT molecular complexity index is 720. The van der Waals surface area contributed by atoms with Crippen molar-refractivity contribution in [1.29, 1.82) is 0 Å². The van der Waals surface area contributed by atoms with Crippen LogP contribution >= 0.6 is 23.2 Å². The molecule has 0 unspecified atom stereocenters. The molecular formula is C15H11Cl2F3N2O. The third kappa shape index (κ3) is 4.77. The standard InChI is InChI=1S/C15H11Cl2F3N2O/c16-9-5-6-11(17)13(7-9)22-14(23)8-21-12-4-2-1-3-10(12)15(18,19)20/h1-7,21H,8H2,(H,22,23). The Kier molecular flexibility index (Phi) is 5.38. The summed E-state index contributed by atoms with van der Waals surface area (Å²) in [4.78, 5) is 11.9. The fraction of sp³-hybridized carbons (Fsp3) is 0.133. The molecule has 0 aromatic heterocycles. The molecule has 0 heterocycles. The summed E-state index contributed by atoms with van der Waals surface area (Å²) in [5, 5.41) is 5.60. The van der Waals surface area contributed by atoms with Gasteiger partial charge < -0.3 is 10.6 Å². The maximum Gasteiger partial charge on any atom is 0.418 e. The molecule has 2 aromatic carbocycles. The van der Waals surface area contributed by atoms with Crippen LogP contribution in [-0.4, -0.2) is 12.5 Å². The van der Waals surface area contributed by atoms with Crippen LogP contribution in [-0.2, 0) is 11.0 Å². The van der Waals surface area contributed by atoms with Crippen molar-refractivity contribution in [3.63, 3.8) is 0 Å². The van der Waals surface area contributed by atoms with E-state index in [2.05, 4.69) is 10.6 Å². The second-order valence-corrected chi connectivity index (χ2v) is 5.41. The Labute approximate surface area is 140 Å². The first kappa shape index (κ1) is 17.4. The predicted molar refractivity (Wildman–Crippen MR) is 85.0 cm³/mol. The van der Waals surface area contributed by atoms with Gasteiger partial charge in [0.2, 0.25) is 5.91 Å². The monoisotopic (exact) mass is 362 g/mol. The molecule has 122 valence electrons. The third-order valence-electron chi connectivity index (χ3n) is 2.87. The molecule has 2 rings (SSSR count). The van der Waals surface area contributed by atoms with Crippen molar-refractivity contribution >= 4 is 40.5 Å². The van der Waals surface area contributed by atoms with Crippen molar-refractivity contribution in [2.75, 3.05) is 17.2 Å². The minimum atomic E-state index is -4.50. The van der Waals surface area contributed by atoms with E-state index in [0.29, 0.717) is 5.02 Å². The zero-order valence-electron chi connectivity index (χ0n) is 11.5. The van der Waals surface area contributed by atoms with Gasteiger partial charge in [0, 0.05) is 10.7 Å². The van der Waals surface area contributed by atoms with Crippen molar-refractivity contribution in [3.8, 4) is 0 Å². The Morgan fingerprint density at radius 2 is 1.74 bits per heavy atom. The topological polar surface area (TPSA) is 41.1 Å². The molecule has 0 aliphatic heterocycles. The smallest absolute Gasteiger partial charge is 0.376 e. The predicted octanol–water partition coefficient (Wildman–Crippen LogP) is 5.06. The first-order valence-electron chi connectivity index (χ1n) is 6.42. The summed E-state index contributed by atoms with van der Waals surface area (Å²) < 4.78 is 38.5. The lowest BCUT2D eigenvalue weighted by Gasteiger charge is -2.14. The van der Waals surface area contributed by atoms with Gasteiger partial charge in [-0.05, 0) is 30.3 Å². The molecule has 1 amide bonds. The Hall–Kier alpha value is -1.92. The highest BCUT2D eigenvalue weighted by atomic mass is 35.5. The van der Waals surface area contributed by atoms with Gasteiger partial charge in [-0.15, -0.1) is 0 Å². The number of hydrogen-bond donors (Lipinski definition) is 2. The van der Waals surface area contributed by atoms with Gasteiger partial charge in [0.15, 0.2) is 0 Å². The quantitative estimate of drug-likeness (QED) is 0.797. The molecule has 23 heavy (non-hydrogen) atoms. The van der Waals surface area contributed by atoms with Crippen LogP contribution in [0.2, 0.25) is 10.0 Å². The van der Waals surface area contributed by atoms with Gasteiger partial charge in [-0.25, -0.2) is 0 Å². The maximum absolute atomic E-state index is 12.8. The zero-order chi connectivity index (χ0) is 17.0. The summed E-state index contributed by atoms with van der Waals surface area (Å²) in [5.74, 6) is -0.550. The first-order valence-corrected chi connectivity index (χ1v) is 7.18. The molecule has 0 saturated heterocycles. The van der Waals surface area contributed by atoms with E-state index in [1.807, 2.05) is 0 Å². The molecular weight excluding hydrogens is 352 g/mol. The summed E-state index contributed by atoms with van der Waals surface area (Å²) in [6, 6.07) is 9.42. The molecule has 0 radical (unpaired) electrons. The van der Waals surface area contributed by atoms with Crippen LogP contribution in [0.25, 0.3) is 0 Å². The highest BCUT2D eigenvalue weighted by Crippen LogP contribution is 2.34. The fourth-order valence-electron chi connectivity index (χ4n) is 1.85. The molecule has 2 aromatic rings. The summed E-state index contributed by atoms with van der Waals surface area (Å²) in [6.07, 6.45) is -4.50. The normalized spacial score (nSPS) is 11.2. The number of nitrogens with one attached hydrogen (secondary N) is 2. The number of anilines is 2. The lowest BCUT2D eigenvalue weighted by Crippen LogP contribution is -2.23. The van der Waals surface area contributed by atoms with Gasteiger partial charge in [-0.3, -0.25) is 4.79 Å². The van der Waals surface area contributed by atoms with Gasteiger partial charge in [0.25, 0.3) is 0 Å². The third-order valence-corrected chi connectivity index (χ3v) is 3.44. The van der Waals surface area contributed by atoms with E-state index >= 15 is 0 Å². The van der Waals surface area contributed by atoms with Crippen LogP contribution in [0.15, 0.2) is 42.5 Å². The van der Waals surface area contributed by atoms with Crippen LogP contribution in [0.4, 0.5) is 24.5 Å². The highest BCUT2D eigenvalue weighted by Gasteiger charge is 2.33. The average Bonchev–Trinajstić information content (AvgIpc) is 2.48. The average molecular weight is 363 g/mol. The second kappa shape index (κ2) is 7.10. The van der Waals surface area contributed by atoms with Crippen LogP contribution in [0.3, 0.4) is 0 Å². The van der Waals surface area contributed by atoms with Crippen LogP contribution < -0.4 is 10.6 Å². The Morgan fingerprint density at radius 3 is 2.43 bits per heavy atom. The largest absolute Gasteiger partial charge is 0.418 e. The summed E-state index contributed by atoms with van der Waals surface area (Å²) in [7, 11) is 0. The Balaban J connectivity index is 2.04. The number of para-hydroxylation sites is 1. The van der Waals surface area contributed by atoms with Crippen molar-refractivity contribution in [1.82, 2.24) is 0 Å². The van der Waals surface area contributed by atoms with E-state index in [0.717, 1.165) is 6.07 Å². The molecule has 0 spiro atoms. The van der Waals surface area contributed by atoms with Gasteiger partial charge in [0.05, 0.1) is 22.8 Å². The van der Waals surface area contributed by atoms with Gasteiger partial charge in [-0.2, -0.15) is 13.2 Å². The lowest BCUT2D eigenvalue weighted by molar-refractivity contribution is -0.137. The number of hydrogen-bond acceptors (Lipinski definition) is 2. The Morgan fingerprint density at radius 1 is 1.04 bits per heavy atom. The highest BCUT2D eigenvalue weighted by molar-refractivity contribution is 6.35. The van der Waals surface area contributed by atoms with Crippen molar-refractivity contribution in [3.05, 3.63) is 58.1 Å². The molecule has 0 aliphatic carbocycles. The van der Waals surface area contributed by atoms with Crippen LogP contribution in [0.5, 0.6) is 0 Å². The van der Waals surface area contributed by atoms with E-state index in [1.54, 1.807) is 6.07 Å². The van der Waals surface area contributed by atoms with Crippen LogP contribution in [0.1, 0.15) is 5.56 Å². The number of benzene rings is 2. The SMILES string of the molecule is O=C(CNc1ccccc1C(F)(F)F)Nc1cc(Cl)ccc1Cl. The van der Waals surface area contributed by atoms with Crippen molar-refractivity contribution < 1.29 is 18.0 Å². The summed E-state index contributed by atoms with van der Waals surface area (Å²) in [5.41, 5.74) is -0.726. The number of rotatable bonds is 4. The minimum absolute atomic E-state index is 0.174. The van der Waals surface area contributed by atoms with Crippen LogP contribution in [0, 0.1) is 0 Å². The van der Waals surface area contributed by atoms with Gasteiger partial charge >= 0.3 is 6.18 Å². The first-order chi connectivity index (χ1) is 10.8. The molecule has 0 bridgehead atoms. The van der Waals surface area contributed by atoms with E-state index in [4.69, 9.17) is 23.2 Å². The number of amides is 1. The summed E-state index contributed by atoms with van der Waals surface area (Å²) >= 11 is 11.7. The van der Waals surface area contributed by atoms with Crippen molar-refractivity contribution in [2.24, 2.45) is 0 Å². The van der Waals surface area contributed by atoms with E-state index in [9.17, 15) is 18.0 Å². The molecule has 3 nitrogen and oxygen atoms in total. The fourth-order valence-corrected chi connectivity index (χ4v) is 2.18. The van der Waals surface area contributed by atoms with Crippen molar-refractivity contribution in [2.45, 2.75) is 6.18 Å². The molecule has 0 aliphatic rings. The number of alkyl halides is 3. The lowest BCUT2D eigenvalue weighted by atomic mass is 10.1. The number of halogens is 5. The van der Waals surface area contributed by atoms with E-state index in [1.165, 1.54) is 30.3 Å². The number of carbonyl (C=O) groups is 1. The number of carbonyl (C=O) groups excluding carboxylic acids is 1. The molecule has 0 saturated carbocycles. The van der Waals surface area contributed by atoms with E-state index < -0.39 is 17.6 Å².